The molecular formula is C12H14N2O4. The molecule has 1 aliphatic rings. The Labute approximate surface area is 104 Å². The summed E-state index contributed by atoms with van der Waals surface area (Å²) in [6, 6.07) is 3.98. The van der Waals surface area contributed by atoms with E-state index in [9.17, 15) is 19.8 Å². The molecule has 1 saturated heterocycles. The highest BCUT2D eigenvalue weighted by molar-refractivity contribution is 5.95. The predicted octanol–water partition coefficient (Wildman–Crippen LogP) is 0.0120. The standard InChI is InChI=1S/C12H14N2O4/c15-8-13-3-5-14(6-4-13)12(18)9-1-2-10(16)11(17)7-9/h1-2,7-8,16-17H,3-6H2. The molecule has 0 spiro atoms. The Hall–Kier alpha value is -2.24. The van der Waals surface area contributed by atoms with E-state index in [-0.39, 0.29) is 17.4 Å². The van der Waals surface area contributed by atoms with E-state index in [1.54, 1.807) is 9.80 Å². The van der Waals surface area contributed by atoms with Gasteiger partial charge in [-0.25, -0.2) is 0 Å². The fourth-order valence-electron chi connectivity index (χ4n) is 1.87. The van der Waals surface area contributed by atoms with E-state index in [2.05, 4.69) is 0 Å². The molecule has 1 fully saturated rings. The lowest BCUT2D eigenvalue weighted by atomic mass is 10.1. The van der Waals surface area contributed by atoms with Crippen molar-refractivity contribution in [2.75, 3.05) is 26.2 Å². The summed E-state index contributed by atoms with van der Waals surface area (Å²) >= 11 is 0. The Kier molecular flexibility index (Phi) is 3.36. The minimum atomic E-state index is -0.313. The number of hydrogen-bond acceptors (Lipinski definition) is 4. The van der Waals surface area contributed by atoms with Gasteiger partial charge in [0.25, 0.3) is 5.91 Å². The summed E-state index contributed by atoms with van der Waals surface area (Å²) in [5.74, 6) is -0.777. The van der Waals surface area contributed by atoms with E-state index in [1.165, 1.54) is 18.2 Å². The van der Waals surface area contributed by atoms with Crippen LogP contribution in [0.5, 0.6) is 11.5 Å². The number of nitrogens with zero attached hydrogens (tertiary/aromatic N) is 2. The molecule has 0 aliphatic carbocycles. The second kappa shape index (κ2) is 4.95. The molecule has 1 aliphatic heterocycles. The summed E-state index contributed by atoms with van der Waals surface area (Å²) < 4.78 is 0. The lowest BCUT2D eigenvalue weighted by molar-refractivity contribution is -0.119. The number of carbonyl (C=O) groups is 2. The summed E-state index contributed by atoms with van der Waals surface area (Å²) in [5.41, 5.74) is 0.324. The van der Waals surface area contributed by atoms with Crippen LogP contribution in [0.15, 0.2) is 18.2 Å². The first-order chi connectivity index (χ1) is 8.61. The molecular weight excluding hydrogens is 236 g/mol. The summed E-state index contributed by atoms with van der Waals surface area (Å²) in [7, 11) is 0. The van der Waals surface area contributed by atoms with Crippen LogP contribution in [-0.2, 0) is 4.79 Å². The summed E-state index contributed by atoms with van der Waals surface area (Å²) in [6.07, 6.45) is 0.772. The number of hydrogen-bond donors (Lipinski definition) is 2. The van der Waals surface area contributed by atoms with Gasteiger partial charge >= 0.3 is 0 Å². The van der Waals surface area contributed by atoms with Crippen molar-refractivity contribution in [3.8, 4) is 11.5 Å². The molecule has 2 N–H and O–H groups in total. The zero-order valence-electron chi connectivity index (χ0n) is 9.74. The van der Waals surface area contributed by atoms with E-state index in [4.69, 9.17) is 0 Å². The Bertz CT molecular complexity index is 467. The number of rotatable bonds is 2. The van der Waals surface area contributed by atoms with Crippen molar-refractivity contribution in [3.05, 3.63) is 23.8 Å². The molecule has 0 unspecified atom stereocenters. The van der Waals surface area contributed by atoms with Gasteiger partial charge in [-0.1, -0.05) is 0 Å². The normalized spacial score (nSPS) is 15.6. The second-order valence-corrected chi connectivity index (χ2v) is 4.14. The van der Waals surface area contributed by atoms with Crippen LogP contribution in [0.4, 0.5) is 0 Å². The van der Waals surface area contributed by atoms with Crippen LogP contribution in [0.2, 0.25) is 0 Å². The van der Waals surface area contributed by atoms with Crippen molar-refractivity contribution < 1.29 is 19.8 Å². The maximum absolute atomic E-state index is 12.1. The van der Waals surface area contributed by atoms with Crippen LogP contribution in [0.25, 0.3) is 0 Å². The first-order valence-electron chi connectivity index (χ1n) is 5.62. The second-order valence-electron chi connectivity index (χ2n) is 4.14. The van der Waals surface area contributed by atoms with Gasteiger partial charge in [0.05, 0.1) is 0 Å². The third-order valence-electron chi connectivity index (χ3n) is 2.97. The van der Waals surface area contributed by atoms with E-state index < -0.39 is 0 Å². The molecule has 1 heterocycles. The quantitative estimate of drug-likeness (QED) is 0.572. The van der Waals surface area contributed by atoms with E-state index in [1.807, 2.05) is 0 Å². The van der Waals surface area contributed by atoms with Crippen molar-refractivity contribution >= 4 is 12.3 Å². The SMILES string of the molecule is O=CN1CCN(C(=O)c2ccc(O)c(O)c2)CC1. The minimum absolute atomic E-state index is 0.212. The van der Waals surface area contributed by atoms with Crippen molar-refractivity contribution in [2.24, 2.45) is 0 Å². The van der Waals surface area contributed by atoms with E-state index in [0.717, 1.165) is 6.41 Å². The zero-order valence-corrected chi connectivity index (χ0v) is 9.74. The Morgan fingerprint density at radius 3 is 2.33 bits per heavy atom. The van der Waals surface area contributed by atoms with Gasteiger partial charge in [0.15, 0.2) is 11.5 Å². The molecule has 96 valence electrons. The highest BCUT2D eigenvalue weighted by atomic mass is 16.3. The van der Waals surface area contributed by atoms with Crippen LogP contribution in [-0.4, -0.2) is 58.5 Å². The van der Waals surface area contributed by atoms with Gasteiger partial charge < -0.3 is 20.0 Å². The highest BCUT2D eigenvalue weighted by Crippen LogP contribution is 2.25. The number of phenols is 2. The van der Waals surface area contributed by atoms with E-state index >= 15 is 0 Å². The molecule has 2 amide bonds. The Morgan fingerprint density at radius 1 is 1.11 bits per heavy atom. The smallest absolute Gasteiger partial charge is 0.254 e. The molecule has 2 rings (SSSR count). The summed E-state index contributed by atoms with van der Waals surface area (Å²) in [4.78, 5) is 25.9. The molecule has 0 bridgehead atoms. The average molecular weight is 250 g/mol. The van der Waals surface area contributed by atoms with Gasteiger partial charge in [-0.2, -0.15) is 0 Å². The number of piperazine rings is 1. The Balaban J connectivity index is 2.07. The molecule has 1 aromatic rings. The molecule has 6 nitrogen and oxygen atoms in total. The lowest BCUT2D eigenvalue weighted by Gasteiger charge is -2.32. The lowest BCUT2D eigenvalue weighted by Crippen LogP contribution is -2.48. The molecule has 0 radical (unpaired) electrons. The van der Waals surface area contributed by atoms with Gasteiger partial charge in [0.2, 0.25) is 6.41 Å². The predicted molar refractivity (Wildman–Crippen MR) is 63.3 cm³/mol. The molecule has 0 saturated carbocycles. The third-order valence-corrected chi connectivity index (χ3v) is 2.97. The average Bonchev–Trinajstić information content (AvgIpc) is 2.41. The van der Waals surface area contributed by atoms with E-state index in [0.29, 0.717) is 31.7 Å². The first-order valence-corrected chi connectivity index (χ1v) is 5.62. The van der Waals surface area contributed by atoms with Gasteiger partial charge in [-0.05, 0) is 18.2 Å². The fraction of sp³-hybridized carbons (Fsp3) is 0.333. The van der Waals surface area contributed by atoms with Crippen LogP contribution in [0.1, 0.15) is 10.4 Å². The number of aromatic hydroxyl groups is 2. The first kappa shape index (κ1) is 12.2. The van der Waals surface area contributed by atoms with Crippen molar-refractivity contribution in [3.63, 3.8) is 0 Å². The van der Waals surface area contributed by atoms with Crippen LogP contribution in [0, 0.1) is 0 Å². The topological polar surface area (TPSA) is 81.1 Å². The number of carbonyl (C=O) groups excluding carboxylic acids is 2. The van der Waals surface area contributed by atoms with Gasteiger partial charge in [0.1, 0.15) is 0 Å². The van der Waals surface area contributed by atoms with Gasteiger partial charge in [0, 0.05) is 31.7 Å². The molecule has 6 heteroatoms. The maximum atomic E-state index is 12.1. The fourth-order valence-corrected chi connectivity index (χ4v) is 1.87. The van der Waals surface area contributed by atoms with Crippen LogP contribution in [0.3, 0.4) is 0 Å². The maximum Gasteiger partial charge on any atom is 0.254 e. The molecule has 1 aromatic carbocycles. The highest BCUT2D eigenvalue weighted by Gasteiger charge is 2.21. The van der Waals surface area contributed by atoms with Crippen LogP contribution >= 0.6 is 0 Å². The third kappa shape index (κ3) is 2.37. The molecule has 0 aromatic heterocycles. The Morgan fingerprint density at radius 2 is 1.78 bits per heavy atom. The largest absolute Gasteiger partial charge is 0.504 e. The number of phenolic OH excluding ortho intramolecular Hbond substituents is 2. The monoisotopic (exact) mass is 250 g/mol. The summed E-state index contributed by atoms with van der Waals surface area (Å²) in [5, 5.41) is 18.5. The van der Waals surface area contributed by atoms with Gasteiger partial charge in [-0.15, -0.1) is 0 Å². The number of amides is 2. The van der Waals surface area contributed by atoms with Crippen LogP contribution < -0.4 is 0 Å². The summed E-state index contributed by atoms with van der Waals surface area (Å²) in [6.45, 7) is 1.97. The van der Waals surface area contributed by atoms with Crippen molar-refractivity contribution in [1.29, 1.82) is 0 Å². The zero-order chi connectivity index (χ0) is 13.1. The van der Waals surface area contributed by atoms with Crippen molar-refractivity contribution in [1.82, 2.24) is 9.80 Å². The van der Waals surface area contributed by atoms with Crippen molar-refractivity contribution in [2.45, 2.75) is 0 Å². The number of benzene rings is 1. The molecule has 0 atom stereocenters. The van der Waals surface area contributed by atoms with Gasteiger partial charge in [-0.3, -0.25) is 9.59 Å². The molecule has 18 heavy (non-hydrogen) atoms. The minimum Gasteiger partial charge on any atom is -0.504 e.